The third-order valence-electron chi connectivity index (χ3n) is 7.24. The zero-order valence-electron chi connectivity index (χ0n) is 21.5. The molecule has 0 saturated carbocycles. The van der Waals surface area contributed by atoms with Crippen molar-refractivity contribution in [3.63, 3.8) is 0 Å². The SMILES string of the molecule is CCCCCCCCCCCCCCC[CH2][Sn]([CH2]CCC)([CH2]CCC)[CH2]CCC. The van der Waals surface area contributed by atoms with E-state index in [9.17, 15) is 0 Å². The van der Waals surface area contributed by atoms with E-state index in [1.54, 1.807) is 49.9 Å². The van der Waals surface area contributed by atoms with E-state index in [-0.39, 0.29) is 0 Å². The summed E-state index contributed by atoms with van der Waals surface area (Å²) in [7, 11) is 0. The van der Waals surface area contributed by atoms with Gasteiger partial charge in [-0.2, -0.15) is 0 Å². The van der Waals surface area contributed by atoms with Gasteiger partial charge in [0.15, 0.2) is 0 Å². The molecule has 176 valence electrons. The van der Waals surface area contributed by atoms with Crippen molar-refractivity contribution in [3.05, 3.63) is 0 Å². The molecule has 0 amide bonds. The van der Waals surface area contributed by atoms with Gasteiger partial charge in [-0.15, -0.1) is 0 Å². The summed E-state index contributed by atoms with van der Waals surface area (Å²) < 4.78 is 6.86. The molecule has 0 aromatic carbocycles. The molecule has 0 bridgehead atoms. The van der Waals surface area contributed by atoms with E-state index in [0.29, 0.717) is 0 Å². The van der Waals surface area contributed by atoms with E-state index in [1.165, 1.54) is 96.3 Å². The Hall–Kier alpha value is 0.799. The summed E-state index contributed by atoms with van der Waals surface area (Å²) >= 11 is -1.81. The average molecular weight is 515 g/mol. The zero-order chi connectivity index (χ0) is 21.5. The first-order valence-electron chi connectivity index (χ1n) is 14.2. The van der Waals surface area contributed by atoms with Crippen LogP contribution in [-0.4, -0.2) is 18.4 Å². The van der Waals surface area contributed by atoms with Crippen LogP contribution >= 0.6 is 0 Å². The summed E-state index contributed by atoms with van der Waals surface area (Å²) in [6, 6.07) is 0. The van der Waals surface area contributed by atoms with Gasteiger partial charge in [0.05, 0.1) is 0 Å². The van der Waals surface area contributed by atoms with E-state index < -0.39 is 18.4 Å². The Balaban J connectivity index is 3.79. The fraction of sp³-hybridized carbons (Fsp3) is 1.00. The molecule has 0 N–H and O–H groups in total. The molecule has 0 nitrogen and oxygen atoms in total. The fourth-order valence-electron chi connectivity index (χ4n) is 5.10. The monoisotopic (exact) mass is 516 g/mol. The molecule has 0 aliphatic rings. The van der Waals surface area contributed by atoms with Crippen molar-refractivity contribution in [3.8, 4) is 0 Å². The molecule has 0 saturated heterocycles. The molecule has 0 aliphatic heterocycles. The van der Waals surface area contributed by atoms with Crippen LogP contribution in [0.5, 0.6) is 0 Å². The van der Waals surface area contributed by atoms with Crippen LogP contribution in [0.25, 0.3) is 0 Å². The van der Waals surface area contributed by atoms with Gasteiger partial charge < -0.3 is 0 Å². The Morgan fingerprint density at radius 3 is 0.828 bits per heavy atom. The molecule has 0 unspecified atom stereocenters. The van der Waals surface area contributed by atoms with Crippen LogP contribution in [0.1, 0.15) is 156 Å². The minimum atomic E-state index is -1.81. The first-order chi connectivity index (χ1) is 14.2. The zero-order valence-corrected chi connectivity index (χ0v) is 24.3. The van der Waals surface area contributed by atoms with Crippen LogP contribution < -0.4 is 0 Å². The van der Waals surface area contributed by atoms with Crippen molar-refractivity contribution in [2.45, 2.75) is 174 Å². The van der Waals surface area contributed by atoms with Gasteiger partial charge >= 0.3 is 166 Å². The molecule has 0 atom stereocenters. The van der Waals surface area contributed by atoms with Crippen LogP contribution in [0.15, 0.2) is 0 Å². The van der Waals surface area contributed by atoms with Crippen LogP contribution in [-0.2, 0) is 0 Å². The Morgan fingerprint density at radius 2 is 0.517 bits per heavy atom. The van der Waals surface area contributed by atoms with Crippen LogP contribution in [0, 0.1) is 0 Å². The predicted molar refractivity (Wildman–Crippen MR) is 140 cm³/mol. The Morgan fingerprint density at radius 1 is 0.276 bits per heavy atom. The molecule has 0 fully saturated rings. The molecule has 0 radical (unpaired) electrons. The van der Waals surface area contributed by atoms with Crippen LogP contribution in [0.3, 0.4) is 0 Å². The maximum atomic E-state index is 2.41. The van der Waals surface area contributed by atoms with E-state index in [4.69, 9.17) is 0 Å². The number of rotatable bonds is 24. The van der Waals surface area contributed by atoms with E-state index in [1.807, 2.05) is 0 Å². The molecule has 0 heterocycles. The molecule has 0 rings (SSSR count). The second-order valence-corrected chi connectivity index (χ2v) is 24.4. The average Bonchev–Trinajstić information content (AvgIpc) is 2.74. The van der Waals surface area contributed by atoms with Gasteiger partial charge in [0.2, 0.25) is 0 Å². The van der Waals surface area contributed by atoms with Crippen molar-refractivity contribution < 1.29 is 0 Å². The van der Waals surface area contributed by atoms with Crippen molar-refractivity contribution in [2.75, 3.05) is 0 Å². The first-order valence-corrected chi connectivity index (χ1v) is 22.3. The molecule has 0 aromatic rings. The summed E-state index contributed by atoms with van der Waals surface area (Å²) in [5.41, 5.74) is 0. The molecule has 29 heavy (non-hydrogen) atoms. The van der Waals surface area contributed by atoms with Crippen molar-refractivity contribution in [1.29, 1.82) is 0 Å². The summed E-state index contributed by atoms with van der Waals surface area (Å²) in [4.78, 5) is 0. The third kappa shape index (κ3) is 19.2. The van der Waals surface area contributed by atoms with Gasteiger partial charge in [-0.25, -0.2) is 0 Å². The standard InChI is InChI=1S/C16H33.3C4H9.Sn/c1-3-5-7-9-11-13-15-16-14-12-10-8-6-4-2;3*1-3-4-2;/h1,3-16H2,2H3;3*1,3-4H2,2H3;. The summed E-state index contributed by atoms with van der Waals surface area (Å²) in [6.07, 6.45) is 29.8. The van der Waals surface area contributed by atoms with E-state index in [2.05, 4.69) is 27.7 Å². The number of hydrogen-bond donors (Lipinski definition) is 0. The van der Waals surface area contributed by atoms with Crippen molar-refractivity contribution in [1.82, 2.24) is 0 Å². The fourth-order valence-corrected chi connectivity index (χ4v) is 21.7. The van der Waals surface area contributed by atoms with Crippen LogP contribution in [0.2, 0.25) is 17.7 Å². The Bertz CT molecular complexity index is 277. The topological polar surface area (TPSA) is 0 Å². The molecule has 0 aromatic heterocycles. The van der Waals surface area contributed by atoms with Crippen LogP contribution in [0.4, 0.5) is 0 Å². The van der Waals surface area contributed by atoms with Gasteiger partial charge in [0.1, 0.15) is 0 Å². The first kappa shape index (κ1) is 29.8. The van der Waals surface area contributed by atoms with Crippen molar-refractivity contribution in [2.24, 2.45) is 0 Å². The van der Waals surface area contributed by atoms with Gasteiger partial charge in [-0.3, -0.25) is 0 Å². The number of unbranched alkanes of at least 4 members (excludes halogenated alkanes) is 16. The Kier molecular flexibility index (Phi) is 24.1. The molecule has 1 heteroatoms. The molecular formula is C28H60Sn. The summed E-state index contributed by atoms with van der Waals surface area (Å²) in [6.45, 7) is 9.53. The van der Waals surface area contributed by atoms with Gasteiger partial charge in [-0.1, -0.05) is 26.2 Å². The quantitative estimate of drug-likeness (QED) is 0.0886. The van der Waals surface area contributed by atoms with Gasteiger partial charge in [0.25, 0.3) is 0 Å². The van der Waals surface area contributed by atoms with Gasteiger partial charge in [0, 0.05) is 0 Å². The van der Waals surface area contributed by atoms with Crippen molar-refractivity contribution >= 4 is 18.4 Å². The molecule has 0 spiro atoms. The minimum absolute atomic E-state index is 1.38. The predicted octanol–water partition coefficient (Wildman–Crippen LogP) is 11.3. The molecule has 0 aliphatic carbocycles. The normalized spacial score (nSPS) is 12.0. The van der Waals surface area contributed by atoms with E-state index >= 15 is 0 Å². The van der Waals surface area contributed by atoms with Gasteiger partial charge in [-0.05, 0) is 0 Å². The number of hydrogen-bond acceptors (Lipinski definition) is 0. The second kappa shape index (κ2) is 23.5. The molecular weight excluding hydrogens is 455 g/mol. The third-order valence-corrected chi connectivity index (χ3v) is 23.4. The van der Waals surface area contributed by atoms with E-state index in [0.717, 1.165) is 0 Å². The summed E-state index contributed by atoms with van der Waals surface area (Å²) in [5.74, 6) is 0. The maximum absolute atomic E-state index is 2.41. The summed E-state index contributed by atoms with van der Waals surface area (Å²) in [5, 5.41) is 0. The second-order valence-electron chi connectivity index (χ2n) is 10.2. The Labute approximate surface area is 191 Å².